The van der Waals surface area contributed by atoms with Gasteiger partial charge in [-0.2, -0.15) is 0 Å². The van der Waals surface area contributed by atoms with Crippen molar-refractivity contribution in [1.29, 1.82) is 0 Å². The second-order valence-corrected chi connectivity index (χ2v) is 8.80. The van der Waals surface area contributed by atoms with Gasteiger partial charge in [-0.1, -0.05) is 64.8 Å². The third-order valence-electron chi connectivity index (χ3n) is 6.46. The zero-order chi connectivity index (χ0) is 18.7. The van der Waals surface area contributed by atoms with Crippen LogP contribution in [0.4, 0.5) is 0 Å². The smallest absolute Gasteiger partial charge is 0.230 e. The molecule has 4 rings (SSSR count). The summed E-state index contributed by atoms with van der Waals surface area (Å²) in [5.41, 5.74) is 2.05. The van der Waals surface area contributed by atoms with Crippen molar-refractivity contribution in [3.63, 3.8) is 0 Å². The molecule has 142 valence electrons. The lowest BCUT2D eigenvalue weighted by atomic mass is 9.64. The van der Waals surface area contributed by atoms with Crippen LogP contribution in [0.2, 0.25) is 0 Å². The Hall–Kier alpha value is -1.65. The number of halogens is 1. The molecule has 2 aliphatic rings. The molecule has 1 aliphatic carbocycles. The monoisotopic (exact) mass is 427 g/mol. The molecular weight excluding hydrogens is 402 g/mol. The average molecular weight is 428 g/mol. The molecular formula is C23H26BrNO2. The Labute approximate surface area is 169 Å². The topological polar surface area (TPSA) is 38.3 Å². The molecule has 0 spiro atoms. The summed E-state index contributed by atoms with van der Waals surface area (Å²) in [6.45, 7) is 1.98. The van der Waals surface area contributed by atoms with Gasteiger partial charge in [-0.05, 0) is 48.9 Å². The summed E-state index contributed by atoms with van der Waals surface area (Å²) < 4.78 is 6.61. The summed E-state index contributed by atoms with van der Waals surface area (Å²) in [5, 5.41) is 3.34. The normalized spacial score (nSPS) is 20.5. The number of carbonyl (C=O) groups excluding carboxylic acids is 1. The molecule has 1 N–H and O–H groups in total. The Morgan fingerprint density at radius 2 is 1.59 bits per heavy atom. The zero-order valence-corrected chi connectivity index (χ0v) is 17.1. The molecule has 0 unspecified atom stereocenters. The van der Waals surface area contributed by atoms with E-state index in [0.29, 0.717) is 13.2 Å². The van der Waals surface area contributed by atoms with Gasteiger partial charge in [0.2, 0.25) is 5.91 Å². The molecule has 1 amide bonds. The highest BCUT2D eigenvalue weighted by Gasteiger charge is 2.44. The minimum atomic E-state index is -0.486. The number of amides is 1. The molecule has 27 heavy (non-hydrogen) atoms. The van der Waals surface area contributed by atoms with E-state index in [1.165, 1.54) is 12.0 Å². The van der Waals surface area contributed by atoms with E-state index in [1.807, 2.05) is 12.1 Å². The number of hydrogen-bond acceptors (Lipinski definition) is 2. The summed E-state index contributed by atoms with van der Waals surface area (Å²) in [5.74, 6) is 0.148. The molecule has 1 aliphatic heterocycles. The summed E-state index contributed by atoms with van der Waals surface area (Å²) in [7, 11) is 0. The van der Waals surface area contributed by atoms with Crippen molar-refractivity contribution >= 4 is 21.8 Å². The van der Waals surface area contributed by atoms with Gasteiger partial charge < -0.3 is 10.1 Å². The van der Waals surface area contributed by atoms with Gasteiger partial charge in [-0.15, -0.1) is 0 Å². The van der Waals surface area contributed by atoms with Gasteiger partial charge in [0, 0.05) is 29.6 Å². The number of benzene rings is 2. The molecule has 0 bridgehead atoms. The molecule has 2 aromatic rings. The fourth-order valence-corrected chi connectivity index (χ4v) is 4.78. The van der Waals surface area contributed by atoms with Crippen LogP contribution in [0.1, 0.15) is 43.2 Å². The maximum atomic E-state index is 13.4. The van der Waals surface area contributed by atoms with E-state index < -0.39 is 5.41 Å². The summed E-state index contributed by atoms with van der Waals surface area (Å²) in [6.07, 6.45) is 4.99. The third-order valence-corrected chi connectivity index (χ3v) is 6.99. The number of ether oxygens (including phenoxy) is 1. The largest absolute Gasteiger partial charge is 0.381 e. The van der Waals surface area contributed by atoms with Gasteiger partial charge >= 0.3 is 0 Å². The van der Waals surface area contributed by atoms with E-state index in [-0.39, 0.29) is 11.3 Å². The van der Waals surface area contributed by atoms with Crippen molar-refractivity contribution in [3.8, 4) is 0 Å². The molecule has 2 fully saturated rings. The van der Waals surface area contributed by atoms with Crippen molar-refractivity contribution in [3.05, 3.63) is 70.2 Å². The Morgan fingerprint density at radius 1 is 0.926 bits per heavy atom. The number of rotatable bonds is 5. The summed E-state index contributed by atoms with van der Waals surface area (Å²) >= 11 is 3.50. The lowest BCUT2D eigenvalue weighted by Crippen LogP contribution is -2.53. The highest BCUT2D eigenvalue weighted by molar-refractivity contribution is 9.10. The van der Waals surface area contributed by atoms with Gasteiger partial charge in [0.25, 0.3) is 0 Å². The van der Waals surface area contributed by atoms with E-state index in [1.54, 1.807) is 0 Å². The van der Waals surface area contributed by atoms with E-state index in [0.717, 1.165) is 42.3 Å². The van der Waals surface area contributed by atoms with E-state index in [9.17, 15) is 4.79 Å². The highest BCUT2D eigenvalue weighted by Crippen LogP contribution is 2.43. The second-order valence-electron chi connectivity index (χ2n) is 7.88. The van der Waals surface area contributed by atoms with Crippen molar-refractivity contribution in [1.82, 2.24) is 5.32 Å². The second kappa shape index (κ2) is 7.76. The summed E-state index contributed by atoms with van der Waals surface area (Å²) in [6, 6.07) is 18.8. The maximum absolute atomic E-state index is 13.4. The molecule has 2 aromatic carbocycles. The Bertz CT molecular complexity index is 778. The first-order valence-corrected chi connectivity index (χ1v) is 10.6. The molecule has 0 radical (unpaired) electrons. The number of carbonyl (C=O) groups is 1. The Balaban J connectivity index is 1.55. The van der Waals surface area contributed by atoms with E-state index >= 15 is 0 Å². The molecule has 0 aromatic heterocycles. The fourth-order valence-electron chi connectivity index (χ4n) is 4.52. The predicted octanol–water partition coefficient (Wildman–Crippen LogP) is 4.74. The van der Waals surface area contributed by atoms with Crippen LogP contribution in [-0.2, 0) is 20.4 Å². The predicted molar refractivity (Wildman–Crippen MR) is 111 cm³/mol. The molecule has 0 atom stereocenters. The van der Waals surface area contributed by atoms with Gasteiger partial charge in [0.1, 0.15) is 0 Å². The first-order chi connectivity index (χ1) is 13.1. The van der Waals surface area contributed by atoms with Crippen LogP contribution in [0.5, 0.6) is 0 Å². The standard InChI is InChI=1S/C23H26BrNO2/c24-20-9-7-19(8-10-20)23(13-15-27-16-14-23)21(26)25-17-22(11-4-12-22)18-5-2-1-3-6-18/h1-3,5-10H,4,11-17H2,(H,25,26). The van der Waals surface area contributed by atoms with Gasteiger partial charge in [-0.3, -0.25) is 4.79 Å². The minimum Gasteiger partial charge on any atom is -0.381 e. The van der Waals surface area contributed by atoms with Gasteiger partial charge in [-0.25, -0.2) is 0 Å². The average Bonchev–Trinajstić information content (AvgIpc) is 2.69. The lowest BCUT2D eigenvalue weighted by molar-refractivity contribution is -0.131. The zero-order valence-electron chi connectivity index (χ0n) is 15.5. The fraction of sp³-hybridized carbons (Fsp3) is 0.435. The minimum absolute atomic E-state index is 0.100. The number of hydrogen-bond donors (Lipinski definition) is 1. The van der Waals surface area contributed by atoms with E-state index in [2.05, 4.69) is 63.7 Å². The molecule has 4 heteroatoms. The first kappa shape index (κ1) is 18.7. The van der Waals surface area contributed by atoms with Crippen LogP contribution < -0.4 is 5.32 Å². The third kappa shape index (κ3) is 3.57. The van der Waals surface area contributed by atoms with E-state index in [4.69, 9.17) is 4.74 Å². The molecule has 1 saturated carbocycles. The highest BCUT2D eigenvalue weighted by atomic mass is 79.9. The SMILES string of the molecule is O=C(NCC1(c2ccccc2)CCC1)C1(c2ccc(Br)cc2)CCOCC1. The Kier molecular flexibility index (Phi) is 5.38. The van der Waals surface area contributed by atoms with Crippen molar-refractivity contribution in [2.24, 2.45) is 0 Å². The molecule has 1 saturated heterocycles. The Morgan fingerprint density at radius 3 is 2.19 bits per heavy atom. The van der Waals surface area contributed by atoms with Crippen LogP contribution in [0.25, 0.3) is 0 Å². The maximum Gasteiger partial charge on any atom is 0.230 e. The van der Waals surface area contributed by atoms with Gasteiger partial charge in [0.15, 0.2) is 0 Å². The molecule has 3 nitrogen and oxygen atoms in total. The van der Waals surface area contributed by atoms with Crippen LogP contribution in [0.3, 0.4) is 0 Å². The van der Waals surface area contributed by atoms with Crippen LogP contribution >= 0.6 is 15.9 Å². The van der Waals surface area contributed by atoms with Gasteiger partial charge in [0.05, 0.1) is 5.41 Å². The van der Waals surface area contributed by atoms with Crippen LogP contribution in [0.15, 0.2) is 59.1 Å². The lowest BCUT2D eigenvalue weighted by Gasteiger charge is -2.44. The van der Waals surface area contributed by atoms with Crippen molar-refractivity contribution in [2.45, 2.75) is 42.9 Å². The van der Waals surface area contributed by atoms with Crippen molar-refractivity contribution in [2.75, 3.05) is 19.8 Å². The summed E-state index contributed by atoms with van der Waals surface area (Å²) in [4.78, 5) is 13.4. The van der Waals surface area contributed by atoms with Crippen LogP contribution in [0, 0.1) is 0 Å². The number of nitrogens with one attached hydrogen (secondary N) is 1. The molecule has 1 heterocycles. The van der Waals surface area contributed by atoms with Crippen LogP contribution in [-0.4, -0.2) is 25.7 Å². The first-order valence-electron chi connectivity index (χ1n) is 9.82. The van der Waals surface area contributed by atoms with Crippen molar-refractivity contribution < 1.29 is 9.53 Å². The quantitative estimate of drug-likeness (QED) is 0.748.